The minimum atomic E-state index is 1.10. The van der Waals surface area contributed by atoms with Gasteiger partial charge in [-0.25, -0.2) is 4.57 Å². The maximum absolute atomic E-state index is 2.48. The molecule has 0 atom stereocenters. The minimum absolute atomic E-state index is 1.10. The number of rotatable bonds is 3. The summed E-state index contributed by atoms with van der Waals surface area (Å²) in [5.74, 6) is 0. The van der Waals surface area contributed by atoms with Gasteiger partial charge in [-0.3, -0.25) is 0 Å². The second kappa shape index (κ2) is 6.13. The Balaban J connectivity index is 1.82. The monoisotopic (exact) mass is 279 g/mol. The van der Waals surface area contributed by atoms with Gasteiger partial charge in [0.15, 0.2) is 12.4 Å². The zero-order chi connectivity index (χ0) is 14.7. The molecule has 2 nitrogen and oxygen atoms in total. The number of aromatic nitrogens is 1. The van der Waals surface area contributed by atoms with Crippen molar-refractivity contribution in [2.45, 2.75) is 19.8 Å². The van der Waals surface area contributed by atoms with E-state index in [1.54, 1.807) is 0 Å². The summed E-state index contributed by atoms with van der Waals surface area (Å²) in [4.78, 5) is 2.48. The largest absolute Gasteiger partial charge is 0.372 e. The van der Waals surface area contributed by atoms with E-state index in [2.05, 4.69) is 71.3 Å². The Morgan fingerprint density at radius 3 is 2.62 bits per heavy atom. The van der Waals surface area contributed by atoms with Crippen LogP contribution in [0.25, 0.3) is 12.2 Å². The number of anilines is 1. The molecule has 0 N–H and O–H groups in total. The van der Waals surface area contributed by atoms with E-state index in [0.717, 1.165) is 6.54 Å². The smallest absolute Gasteiger partial charge is 0.169 e. The van der Waals surface area contributed by atoms with Crippen LogP contribution in [0.1, 0.15) is 30.0 Å². The first-order chi connectivity index (χ1) is 10.3. The number of benzene rings is 1. The van der Waals surface area contributed by atoms with E-state index >= 15 is 0 Å². The Kier molecular flexibility index (Phi) is 4.05. The van der Waals surface area contributed by atoms with Crippen molar-refractivity contribution in [3.05, 3.63) is 59.4 Å². The molecule has 0 bridgehead atoms. The molecule has 1 aliphatic heterocycles. The zero-order valence-electron chi connectivity index (χ0n) is 12.9. The van der Waals surface area contributed by atoms with Gasteiger partial charge >= 0.3 is 0 Å². The first kappa shape index (κ1) is 13.9. The van der Waals surface area contributed by atoms with Crippen molar-refractivity contribution in [2.75, 3.05) is 18.0 Å². The molecule has 0 aliphatic carbocycles. The summed E-state index contributed by atoms with van der Waals surface area (Å²) in [6.07, 6.45) is 11.0. The van der Waals surface area contributed by atoms with Crippen LogP contribution in [0.2, 0.25) is 0 Å². The van der Waals surface area contributed by atoms with E-state index in [4.69, 9.17) is 0 Å². The van der Waals surface area contributed by atoms with Gasteiger partial charge in [-0.05, 0) is 48.6 Å². The lowest BCUT2D eigenvalue weighted by Crippen LogP contribution is -2.28. The van der Waals surface area contributed by atoms with E-state index < -0.39 is 0 Å². The van der Waals surface area contributed by atoms with E-state index in [1.165, 1.54) is 41.8 Å². The first-order valence-electron chi connectivity index (χ1n) is 7.77. The Morgan fingerprint density at radius 1 is 1.10 bits per heavy atom. The molecule has 0 fully saturated rings. The van der Waals surface area contributed by atoms with Crippen molar-refractivity contribution in [3.8, 4) is 0 Å². The normalized spacial score (nSPS) is 14.5. The Morgan fingerprint density at radius 2 is 1.86 bits per heavy atom. The van der Waals surface area contributed by atoms with Crippen LogP contribution in [-0.2, 0) is 13.5 Å². The summed E-state index contributed by atoms with van der Waals surface area (Å²) >= 11 is 0. The van der Waals surface area contributed by atoms with Gasteiger partial charge in [0.05, 0.1) is 0 Å². The second-order valence-corrected chi connectivity index (χ2v) is 5.70. The van der Waals surface area contributed by atoms with Crippen LogP contribution in [0.15, 0.2) is 42.7 Å². The van der Waals surface area contributed by atoms with Gasteiger partial charge < -0.3 is 4.90 Å². The SMILES string of the molecule is CCN1CCCc2cc(/C=C/c3cc[n+](C)cc3)ccc21. The predicted molar refractivity (Wildman–Crippen MR) is 89.2 cm³/mol. The fourth-order valence-electron chi connectivity index (χ4n) is 2.94. The molecule has 108 valence electrons. The number of pyridine rings is 1. The zero-order valence-corrected chi connectivity index (χ0v) is 12.9. The summed E-state index contributed by atoms with van der Waals surface area (Å²) in [6, 6.07) is 11.1. The highest BCUT2D eigenvalue weighted by Crippen LogP contribution is 2.28. The van der Waals surface area contributed by atoms with Gasteiger partial charge in [0.2, 0.25) is 0 Å². The van der Waals surface area contributed by atoms with Crippen molar-refractivity contribution >= 4 is 17.8 Å². The molecule has 0 radical (unpaired) electrons. The summed E-state index contributed by atoms with van der Waals surface area (Å²) < 4.78 is 2.05. The van der Waals surface area contributed by atoms with E-state index in [-0.39, 0.29) is 0 Å². The quantitative estimate of drug-likeness (QED) is 0.781. The van der Waals surface area contributed by atoms with E-state index in [9.17, 15) is 0 Å². The van der Waals surface area contributed by atoms with Crippen molar-refractivity contribution in [3.63, 3.8) is 0 Å². The molecule has 0 saturated carbocycles. The molecular formula is C19H23N2+. The molecule has 21 heavy (non-hydrogen) atoms. The maximum atomic E-state index is 2.48. The van der Waals surface area contributed by atoms with Crippen LogP contribution in [0.5, 0.6) is 0 Å². The third-order valence-electron chi connectivity index (χ3n) is 4.17. The third kappa shape index (κ3) is 3.15. The second-order valence-electron chi connectivity index (χ2n) is 5.70. The fraction of sp³-hybridized carbons (Fsp3) is 0.316. The lowest BCUT2D eigenvalue weighted by Gasteiger charge is -2.30. The fourth-order valence-corrected chi connectivity index (χ4v) is 2.94. The Labute approximate surface area is 127 Å². The summed E-state index contributed by atoms with van der Waals surface area (Å²) in [6.45, 7) is 4.53. The van der Waals surface area contributed by atoms with Crippen molar-refractivity contribution in [1.29, 1.82) is 0 Å². The van der Waals surface area contributed by atoms with Crippen LogP contribution in [0.3, 0.4) is 0 Å². The lowest BCUT2D eigenvalue weighted by molar-refractivity contribution is -0.671. The standard InChI is InChI=1S/C19H23N2/c1-3-21-12-4-5-18-15-17(8-9-19(18)21)7-6-16-10-13-20(2)14-11-16/h6-11,13-15H,3-5,12H2,1-2H3/q+1. The highest BCUT2D eigenvalue weighted by atomic mass is 15.1. The van der Waals surface area contributed by atoms with E-state index in [1.807, 2.05) is 7.05 Å². The molecule has 2 heteroatoms. The molecule has 1 aliphatic rings. The van der Waals surface area contributed by atoms with Crippen molar-refractivity contribution in [1.82, 2.24) is 0 Å². The van der Waals surface area contributed by atoms with Gasteiger partial charge in [-0.1, -0.05) is 18.2 Å². The molecule has 0 amide bonds. The van der Waals surface area contributed by atoms with Crippen LogP contribution in [-0.4, -0.2) is 13.1 Å². The van der Waals surface area contributed by atoms with Crippen LogP contribution in [0, 0.1) is 0 Å². The molecule has 1 aromatic heterocycles. The average Bonchev–Trinajstić information content (AvgIpc) is 2.53. The first-order valence-corrected chi connectivity index (χ1v) is 7.77. The van der Waals surface area contributed by atoms with Crippen LogP contribution < -0.4 is 9.47 Å². The molecule has 2 aromatic rings. The predicted octanol–water partition coefficient (Wildman–Crippen LogP) is 3.45. The number of fused-ring (bicyclic) bond motifs is 1. The number of hydrogen-bond donors (Lipinski definition) is 0. The van der Waals surface area contributed by atoms with Gasteiger partial charge in [-0.15, -0.1) is 0 Å². The molecule has 1 aromatic carbocycles. The van der Waals surface area contributed by atoms with Crippen LogP contribution in [0.4, 0.5) is 5.69 Å². The molecule has 0 saturated heterocycles. The topological polar surface area (TPSA) is 7.12 Å². The molecule has 3 rings (SSSR count). The van der Waals surface area contributed by atoms with E-state index in [0.29, 0.717) is 0 Å². The average molecular weight is 279 g/mol. The number of hydrogen-bond acceptors (Lipinski definition) is 1. The highest BCUT2D eigenvalue weighted by molar-refractivity contribution is 5.71. The van der Waals surface area contributed by atoms with Crippen molar-refractivity contribution in [2.24, 2.45) is 7.05 Å². The molecule has 2 heterocycles. The van der Waals surface area contributed by atoms with Gasteiger partial charge in [-0.2, -0.15) is 0 Å². The van der Waals surface area contributed by atoms with Crippen molar-refractivity contribution < 1.29 is 4.57 Å². The summed E-state index contributed by atoms with van der Waals surface area (Å²) in [5.41, 5.74) is 5.44. The number of aryl methyl sites for hydroxylation is 2. The summed E-state index contributed by atoms with van der Waals surface area (Å²) in [5, 5.41) is 0. The van der Waals surface area contributed by atoms with Gasteiger partial charge in [0.1, 0.15) is 7.05 Å². The van der Waals surface area contributed by atoms with Gasteiger partial charge in [0.25, 0.3) is 0 Å². The molecule has 0 spiro atoms. The Bertz CT molecular complexity index is 641. The minimum Gasteiger partial charge on any atom is -0.372 e. The summed E-state index contributed by atoms with van der Waals surface area (Å²) in [7, 11) is 2.04. The third-order valence-corrected chi connectivity index (χ3v) is 4.17. The maximum Gasteiger partial charge on any atom is 0.169 e. The number of nitrogens with zero attached hydrogens (tertiary/aromatic N) is 2. The van der Waals surface area contributed by atoms with Crippen LogP contribution >= 0.6 is 0 Å². The lowest BCUT2D eigenvalue weighted by atomic mass is 9.99. The van der Waals surface area contributed by atoms with Gasteiger partial charge in [0, 0.05) is 30.9 Å². The molecule has 0 unspecified atom stereocenters. The molecular weight excluding hydrogens is 256 g/mol. The highest BCUT2D eigenvalue weighted by Gasteiger charge is 2.14. The Hall–Kier alpha value is -2.09.